The van der Waals surface area contributed by atoms with Crippen LogP contribution in [0.25, 0.3) is 0 Å². The zero-order valence-corrected chi connectivity index (χ0v) is 11.7. The fraction of sp³-hybridized carbons (Fsp3) is 0.769. The maximum Gasteiger partial charge on any atom is 0.330 e. The van der Waals surface area contributed by atoms with Crippen LogP contribution in [0.15, 0.2) is 12.7 Å². The first-order valence-electron chi connectivity index (χ1n) is 6.26. The maximum atomic E-state index is 11.1. The lowest BCUT2D eigenvalue weighted by molar-refractivity contribution is -0.137. The minimum Gasteiger partial charge on any atom is -0.460 e. The Balaban J connectivity index is 1.63. The molecule has 4 heteroatoms. The van der Waals surface area contributed by atoms with Crippen molar-refractivity contribution in [3.05, 3.63) is 12.7 Å². The third-order valence-corrected chi connectivity index (χ3v) is 8.06. The van der Waals surface area contributed by atoms with Crippen LogP contribution >= 0.6 is 23.5 Å². The van der Waals surface area contributed by atoms with Crippen molar-refractivity contribution in [2.24, 2.45) is 11.8 Å². The Labute approximate surface area is 111 Å². The van der Waals surface area contributed by atoms with Gasteiger partial charge in [-0.3, -0.25) is 0 Å². The van der Waals surface area contributed by atoms with Crippen LogP contribution < -0.4 is 0 Å². The molecule has 3 rings (SSSR count). The van der Waals surface area contributed by atoms with Gasteiger partial charge < -0.3 is 4.74 Å². The highest BCUT2D eigenvalue weighted by Gasteiger charge is 2.57. The van der Waals surface area contributed by atoms with Gasteiger partial charge in [-0.25, -0.2) is 4.79 Å². The Kier molecular flexibility index (Phi) is 2.98. The molecule has 2 aliphatic carbocycles. The Bertz CT molecular complexity index is 337. The van der Waals surface area contributed by atoms with E-state index < -0.39 is 0 Å². The molecule has 4 atom stereocenters. The van der Waals surface area contributed by atoms with Crippen molar-refractivity contribution in [2.75, 3.05) is 6.61 Å². The summed E-state index contributed by atoms with van der Waals surface area (Å²) >= 11 is 4.10. The third kappa shape index (κ3) is 2.03. The van der Waals surface area contributed by atoms with Crippen LogP contribution in [-0.4, -0.2) is 27.2 Å². The average Bonchev–Trinajstić information content (AvgIpc) is 2.96. The molecule has 4 unspecified atom stereocenters. The fourth-order valence-electron chi connectivity index (χ4n) is 3.45. The zero-order valence-electron chi connectivity index (χ0n) is 10.1. The van der Waals surface area contributed by atoms with Gasteiger partial charge >= 0.3 is 5.97 Å². The number of carbonyl (C=O) groups is 1. The van der Waals surface area contributed by atoms with Gasteiger partial charge in [0.2, 0.25) is 0 Å². The monoisotopic (exact) mass is 270 g/mol. The van der Waals surface area contributed by atoms with Crippen molar-refractivity contribution < 1.29 is 9.53 Å². The largest absolute Gasteiger partial charge is 0.460 e. The smallest absolute Gasteiger partial charge is 0.330 e. The summed E-state index contributed by atoms with van der Waals surface area (Å²) < 4.78 is 5.30. The second-order valence-electron chi connectivity index (χ2n) is 5.44. The van der Waals surface area contributed by atoms with Gasteiger partial charge in [-0.05, 0) is 38.0 Å². The number of thioether (sulfide) groups is 2. The first-order chi connectivity index (χ1) is 8.11. The lowest BCUT2D eigenvalue weighted by Crippen LogP contribution is -2.23. The van der Waals surface area contributed by atoms with Gasteiger partial charge in [0.05, 0.1) is 4.08 Å². The van der Waals surface area contributed by atoms with Crippen molar-refractivity contribution in [2.45, 2.75) is 40.8 Å². The Hall–Kier alpha value is -0.0900. The molecule has 1 aliphatic heterocycles. The highest BCUT2D eigenvalue weighted by Crippen LogP contribution is 2.65. The molecule has 1 saturated heterocycles. The van der Waals surface area contributed by atoms with Gasteiger partial charge in [-0.2, -0.15) is 0 Å². The molecule has 2 saturated carbocycles. The molecule has 0 radical (unpaired) electrons. The summed E-state index contributed by atoms with van der Waals surface area (Å²) in [6.07, 6.45) is 5.53. The molecular formula is C13H18O2S2. The predicted molar refractivity (Wildman–Crippen MR) is 73.2 cm³/mol. The number of esters is 1. The van der Waals surface area contributed by atoms with E-state index in [2.05, 4.69) is 37.0 Å². The number of hydrogen-bond donors (Lipinski definition) is 0. The molecule has 2 bridgehead atoms. The molecule has 0 amide bonds. The van der Waals surface area contributed by atoms with Crippen LogP contribution in [0, 0.1) is 11.8 Å². The summed E-state index contributed by atoms with van der Waals surface area (Å²) in [7, 11) is 0. The SMILES string of the molecule is C=CC(=O)OCC1(C)SC2C3CCC(C3)C2S1. The van der Waals surface area contributed by atoms with Crippen LogP contribution in [0.5, 0.6) is 0 Å². The fourth-order valence-corrected chi connectivity index (χ4v) is 7.66. The van der Waals surface area contributed by atoms with Gasteiger partial charge in [0, 0.05) is 16.6 Å². The van der Waals surface area contributed by atoms with E-state index in [1.165, 1.54) is 25.3 Å². The second-order valence-corrected chi connectivity index (χ2v) is 9.06. The van der Waals surface area contributed by atoms with E-state index in [1.54, 1.807) is 0 Å². The number of hydrogen-bond acceptors (Lipinski definition) is 4. The molecule has 1 heterocycles. The molecule has 3 aliphatic rings. The van der Waals surface area contributed by atoms with Crippen LogP contribution in [0.4, 0.5) is 0 Å². The number of fused-ring (bicyclic) bond motifs is 5. The number of rotatable bonds is 3. The highest BCUT2D eigenvalue weighted by atomic mass is 32.2. The molecule has 17 heavy (non-hydrogen) atoms. The molecular weight excluding hydrogens is 252 g/mol. The van der Waals surface area contributed by atoms with Crippen LogP contribution in [0.1, 0.15) is 26.2 Å². The minimum atomic E-state index is -0.299. The van der Waals surface area contributed by atoms with E-state index in [4.69, 9.17) is 4.74 Å². The van der Waals surface area contributed by atoms with E-state index in [0.717, 1.165) is 22.3 Å². The maximum absolute atomic E-state index is 11.1. The standard InChI is InChI=1S/C13H18O2S2/c1-3-10(14)15-7-13(2)16-11-8-4-5-9(6-8)12(11)17-13/h3,8-9,11-12H,1,4-7H2,2H3. The molecule has 0 aromatic carbocycles. The van der Waals surface area contributed by atoms with Gasteiger partial charge in [0.15, 0.2) is 0 Å². The molecule has 0 aromatic rings. The molecule has 0 spiro atoms. The summed E-state index contributed by atoms with van der Waals surface area (Å²) in [6.45, 7) is 6.16. The molecule has 94 valence electrons. The topological polar surface area (TPSA) is 26.3 Å². The van der Waals surface area contributed by atoms with Gasteiger partial charge in [0.25, 0.3) is 0 Å². The average molecular weight is 270 g/mol. The quantitative estimate of drug-likeness (QED) is 0.581. The Morgan fingerprint density at radius 1 is 1.41 bits per heavy atom. The van der Waals surface area contributed by atoms with E-state index >= 15 is 0 Å². The van der Waals surface area contributed by atoms with E-state index in [9.17, 15) is 4.79 Å². The van der Waals surface area contributed by atoms with E-state index in [-0.39, 0.29) is 10.0 Å². The summed E-state index contributed by atoms with van der Waals surface area (Å²) in [5.74, 6) is 1.56. The van der Waals surface area contributed by atoms with Crippen LogP contribution in [-0.2, 0) is 9.53 Å². The first-order valence-corrected chi connectivity index (χ1v) is 8.02. The van der Waals surface area contributed by atoms with E-state index in [1.807, 2.05) is 0 Å². The van der Waals surface area contributed by atoms with E-state index in [0.29, 0.717) is 6.61 Å². The summed E-state index contributed by atoms with van der Waals surface area (Å²) in [6, 6.07) is 0. The van der Waals surface area contributed by atoms with Crippen molar-refractivity contribution in [3.8, 4) is 0 Å². The second kappa shape index (κ2) is 4.23. The highest BCUT2D eigenvalue weighted by molar-refractivity contribution is 8.22. The van der Waals surface area contributed by atoms with Crippen molar-refractivity contribution in [1.29, 1.82) is 0 Å². The predicted octanol–water partition coefficient (Wildman–Crippen LogP) is 3.08. The zero-order chi connectivity index (χ0) is 12.0. The number of ether oxygens (including phenoxy) is 1. The van der Waals surface area contributed by atoms with Crippen LogP contribution in [0.2, 0.25) is 0 Å². The van der Waals surface area contributed by atoms with Gasteiger partial charge in [-0.15, -0.1) is 23.5 Å². The summed E-state index contributed by atoms with van der Waals surface area (Å²) in [5.41, 5.74) is 0. The summed E-state index contributed by atoms with van der Waals surface area (Å²) in [4.78, 5) is 11.1. The minimum absolute atomic E-state index is 0.0647. The molecule has 2 nitrogen and oxygen atoms in total. The molecule has 0 aromatic heterocycles. The molecule has 3 fully saturated rings. The van der Waals surface area contributed by atoms with Crippen molar-refractivity contribution >= 4 is 29.5 Å². The lowest BCUT2D eigenvalue weighted by atomic mass is 10.00. The van der Waals surface area contributed by atoms with Gasteiger partial charge in [-0.1, -0.05) is 6.58 Å². The normalized spacial score (nSPS) is 46.9. The van der Waals surface area contributed by atoms with Crippen molar-refractivity contribution in [1.82, 2.24) is 0 Å². The van der Waals surface area contributed by atoms with Gasteiger partial charge in [0.1, 0.15) is 6.61 Å². The lowest BCUT2D eigenvalue weighted by Gasteiger charge is -2.23. The van der Waals surface area contributed by atoms with Crippen LogP contribution in [0.3, 0.4) is 0 Å². The number of carbonyl (C=O) groups excluding carboxylic acids is 1. The third-order valence-electron chi connectivity index (χ3n) is 4.18. The molecule has 0 N–H and O–H groups in total. The Morgan fingerprint density at radius 3 is 2.53 bits per heavy atom. The summed E-state index contributed by atoms with van der Waals surface area (Å²) in [5, 5.41) is 1.62. The van der Waals surface area contributed by atoms with Crippen molar-refractivity contribution in [3.63, 3.8) is 0 Å². The Morgan fingerprint density at radius 2 is 2.00 bits per heavy atom. The first kappa shape index (κ1) is 12.0.